The standard InChI is InChI=1S/C12H20N2O5/c13-10(15)4-3-9(12(17)18)14-11(16)6-8-2-1-5-19-7-8/h8-9H,1-7H2,(H2,13,15)(H,14,16)(H,17,18)/t8?,9-/m0/s1. The summed E-state index contributed by atoms with van der Waals surface area (Å²) >= 11 is 0. The molecule has 19 heavy (non-hydrogen) atoms. The van der Waals surface area contributed by atoms with Crippen LogP contribution in [0.2, 0.25) is 0 Å². The summed E-state index contributed by atoms with van der Waals surface area (Å²) < 4.78 is 5.26. The molecule has 1 rings (SSSR count). The van der Waals surface area contributed by atoms with E-state index in [1.54, 1.807) is 0 Å². The van der Waals surface area contributed by atoms with Crippen molar-refractivity contribution in [3.8, 4) is 0 Å². The van der Waals surface area contributed by atoms with Crippen LogP contribution in [0, 0.1) is 5.92 Å². The highest BCUT2D eigenvalue weighted by Crippen LogP contribution is 2.17. The highest BCUT2D eigenvalue weighted by Gasteiger charge is 2.23. The molecule has 7 nitrogen and oxygen atoms in total. The average Bonchev–Trinajstić information content (AvgIpc) is 2.35. The third-order valence-corrected chi connectivity index (χ3v) is 3.04. The second-order valence-electron chi connectivity index (χ2n) is 4.75. The predicted octanol–water partition coefficient (Wildman–Crippen LogP) is -0.362. The Balaban J connectivity index is 2.37. The molecular formula is C12H20N2O5. The van der Waals surface area contributed by atoms with Crippen molar-refractivity contribution in [2.45, 2.75) is 38.1 Å². The van der Waals surface area contributed by atoms with Crippen LogP contribution in [0.3, 0.4) is 0 Å². The molecule has 108 valence electrons. The second-order valence-corrected chi connectivity index (χ2v) is 4.75. The molecule has 1 aliphatic heterocycles. The smallest absolute Gasteiger partial charge is 0.326 e. The number of carbonyl (C=O) groups excluding carboxylic acids is 2. The number of carboxylic acids is 1. The lowest BCUT2D eigenvalue weighted by molar-refractivity contribution is -0.142. The Labute approximate surface area is 111 Å². The zero-order chi connectivity index (χ0) is 14.3. The van der Waals surface area contributed by atoms with E-state index >= 15 is 0 Å². The van der Waals surface area contributed by atoms with Gasteiger partial charge in [0.2, 0.25) is 11.8 Å². The summed E-state index contributed by atoms with van der Waals surface area (Å²) in [6.45, 7) is 1.25. The zero-order valence-electron chi connectivity index (χ0n) is 10.8. The molecule has 0 radical (unpaired) electrons. The number of hydrogen-bond acceptors (Lipinski definition) is 4. The minimum Gasteiger partial charge on any atom is -0.480 e. The third kappa shape index (κ3) is 6.19. The third-order valence-electron chi connectivity index (χ3n) is 3.04. The summed E-state index contributed by atoms with van der Waals surface area (Å²) in [5.74, 6) is -1.93. The number of hydrogen-bond donors (Lipinski definition) is 3. The topological polar surface area (TPSA) is 119 Å². The van der Waals surface area contributed by atoms with Gasteiger partial charge in [0, 0.05) is 26.1 Å². The summed E-state index contributed by atoms with van der Waals surface area (Å²) in [4.78, 5) is 33.3. The van der Waals surface area contributed by atoms with E-state index in [0.29, 0.717) is 13.2 Å². The molecular weight excluding hydrogens is 252 g/mol. The molecule has 0 spiro atoms. The predicted molar refractivity (Wildman–Crippen MR) is 66.2 cm³/mol. The van der Waals surface area contributed by atoms with Crippen LogP contribution >= 0.6 is 0 Å². The first-order valence-electron chi connectivity index (χ1n) is 6.37. The fraction of sp³-hybridized carbons (Fsp3) is 0.750. The maximum Gasteiger partial charge on any atom is 0.326 e. The highest BCUT2D eigenvalue weighted by atomic mass is 16.5. The highest BCUT2D eigenvalue weighted by molar-refractivity contribution is 5.84. The monoisotopic (exact) mass is 272 g/mol. The first kappa shape index (κ1) is 15.4. The van der Waals surface area contributed by atoms with Crippen LogP contribution < -0.4 is 11.1 Å². The van der Waals surface area contributed by atoms with Gasteiger partial charge < -0.3 is 20.9 Å². The van der Waals surface area contributed by atoms with Crippen molar-refractivity contribution >= 4 is 17.8 Å². The Kier molecular flexibility index (Phi) is 6.27. The Morgan fingerprint density at radius 3 is 2.68 bits per heavy atom. The molecule has 0 aromatic rings. The zero-order valence-corrected chi connectivity index (χ0v) is 10.8. The van der Waals surface area contributed by atoms with Crippen molar-refractivity contribution in [1.82, 2.24) is 5.32 Å². The summed E-state index contributed by atoms with van der Waals surface area (Å²) in [5, 5.41) is 11.4. The van der Waals surface area contributed by atoms with Crippen LogP contribution in [-0.2, 0) is 19.1 Å². The quantitative estimate of drug-likeness (QED) is 0.584. The fourth-order valence-corrected chi connectivity index (χ4v) is 2.03. The van der Waals surface area contributed by atoms with Gasteiger partial charge in [-0.2, -0.15) is 0 Å². The number of primary amides is 1. The first-order chi connectivity index (χ1) is 8.99. The van der Waals surface area contributed by atoms with Gasteiger partial charge in [-0.15, -0.1) is 0 Å². The molecule has 4 N–H and O–H groups in total. The molecule has 2 amide bonds. The van der Waals surface area contributed by atoms with E-state index in [9.17, 15) is 14.4 Å². The SMILES string of the molecule is NC(=O)CC[C@H](NC(=O)CC1CCCOC1)C(=O)O. The van der Waals surface area contributed by atoms with Gasteiger partial charge in [0.05, 0.1) is 0 Å². The van der Waals surface area contributed by atoms with Gasteiger partial charge in [0.1, 0.15) is 6.04 Å². The van der Waals surface area contributed by atoms with Gasteiger partial charge >= 0.3 is 5.97 Å². The first-order valence-corrected chi connectivity index (χ1v) is 6.37. The van der Waals surface area contributed by atoms with Crippen LogP contribution in [0.25, 0.3) is 0 Å². The molecule has 1 aliphatic rings. The lowest BCUT2D eigenvalue weighted by Gasteiger charge is -2.22. The van der Waals surface area contributed by atoms with Crippen molar-refractivity contribution in [2.75, 3.05) is 13.2 Å². The van der Waals surface area contributed by atoms with E-state index in [-0.39, 0.29) is 31.1 Å². The van der Waals surface area contributed by atoms with Gasteiger partial charge in [0.15, 0.2) is 0 Å². The summed E-state index contributed by atoms with van der Waals surface area (Å²) in [6, 6.07) is -1.07. The summed E-state index contributed by atoms with van der Waals surface area (Å²) in [5.41, 5.74) is 4.96. The lowest BCUT2D eigenvalue weighted by atomic mass is 9.98. The van der Waals surface area contributed by atoms with E-state index in [4.69, 9.17) is 15.6 Å². The maximum absolute atomic E-state index is 11.7. The summed E-state index contributed by atoms with van der Waals surface area (Å²) in [6.07, 6.45) is 2.02. The fourth-order valence-electron chi connectivity index (χ4n) is 2.03. The minimum atomic E-state index is -1.16. The van der Waals surface area contributed by atoms with Crippen molar-refractivity contribution in [1.29, 1.82) is 0 Å². The normalized spacial score (nSPS) is 20.5. The van der Waals surface area contributed by atoms with Crippen molar-refractivity contribution in [2.24, 2.45) is 11.7 Å². The Morgan fingerprint density at radius 2 is 2.16 bits per heavy atom. The van der Waals surface area contributed by atoms with Crippen molar-refractivity contribution in [3.05, 3.63) is 0 Å². The molecule has 1 unspecified atom stereocenters. The van der Waals surface area contributed by atoms with Gasteiger partial charge in [-0.1, -0.05) is 0 Å². The van der Waals surface area contributed by atoms with E-state index in [2.05, 4.69) is 5.32 Å². The van der Waals surface area contributed by atoms with E-state index in [0.717, 1.165) is 12.8 Å². The minimum absolute atomic E-state index is 0.0115. The number of carboxylic acid groups (broad SMARTS) is 1. The van der Waals surface area contributed by atoms with Crippen LogP contribution in [0.5, 0.6) is 0 Å². The molecule has 0 saturated carbocycles. The van der Waals surface area contributed by atoms with Crippen molar-refractivity contribution < 1.29 is 24.2 Å². The van der Waals surface area contributed by atoms with Gasteiger partial charge in [-0.25, -0.2) is 4.79 Å². The van der Waals surface area contributed by atoms with Crippen LogP contribution in [0.1, 0.15) is 32.1 Å². The van der Waals surface area contributed by atoms with Crippen LogP contribution in [0.15, 0.2) is 0 Å². The molecule has 0 aromatic heterocycles. The molecule has 1 heterocycles. The van der Waals surface area contributed by atoms with Gasteiger partial charge in [0.25, 0.3) is 0 Å². The van der Waals surface area contributed by atoms with Crippen LogP contribution in [0.4, 0.5) is 0 Å². The van der Waals surface area contributed by atoms with E-state index in [1.165, 1.54) is 0 Å². The molecule has 1 saturated heterocycles. The lowest BCUT2D eigenvalue weighted by Crippen LogP contribution is -2.42. The number of aliphatic carboxylic acids is 1. The molecule has 0 aromatic carbocycles. The maximum atomic E-state index is 11.7. The number of rotatable bonds is 7. The summed E-state index contributed by atoms with van der Waals surface area (Å²) in [7, 11) is 0. The second kappa shape index (κ2) is 7.73. The number of amides is 2. The van der Waals surface area contributed by atoms with E-state index < -0.39 is 17.9 Å². The van der Waals surface area contributed by atoms with Crippen LogP contribution in [-0.4, -0.2) is 42.1 Å². The Bertz CT molecular complexity index is 339. The number of nitrogens with one attached hydrogen (secondary N) is 1. The van der Waals surface area contributed by atoms with Gasteiger partial charge in [-0.05, 0) is 25.2 Å². The molecule has 7 heteroatoms. The number of nitrogens with two attached hydrogens (primary N) is 1. The Morgan fingerprint density at radius 1 is 1.42 bits per heavy atom. The average molecular weight is 272 g/mol. The largest absolute Gasteiger partial charge is 0.480 e. The Hall–Kier alpha value is -1.63. The number of carbonyl (C=O) groups is 3. The van der Waals surface area contributed by atoms with Gasteiger partial charge in [-0.3, -0.25) is 9.59 Å². The molecule has 0 bridgehead atoms. The number of ether oxygens (including phenoxy) is 1. The van der Waals surface area contributed by atoms with Crippen molar-refractivity contribution in [3.63, 3.8) is 0 Å². The molecule has 2 atom stereocenters. The molecule has 1 fully saturated rings. The van der Waals surface area contributed by atoms with E-state index in [1.807, 2.05) is 0 Å². The molecule has 0 aliphatic carbocycles.